The number of hydrogen-bond acceptors (Lipinski definition) is 5. The first-order valence-corrected chi connectivity index (χ1v) is 8.99. The summed E-state index contributed by atoms with van der Waals surface area (Å²) in [5.74, 6) is 1.37. The van der Waals surface area contributed by atoms with Crippen molar-refractivity contribution in [1.82, 2.24) is 10.2 Å². The van der Waals surface area contributed by atoms with Gasteiger partial charge >= 0.3 is 0 Å². The van der Waals surface area contributed by atoms with E-state index in [2.05, 4.69) is 5.32 Å². The Morgan fingerprint density at radius 3 is 3.20 bits per heavy atom. The number of benzene rings is 1. The number of nitrogens with zero attached hydrogens (tertiary/aromatic N) is 1. The van der Waals surface area contributed by atoms with Crippen LogP contribution in [-0.2, 0) is 9.53 Å². The number of carbonyl (C=O) groups is 1. The molecule has 0 spiro atoms. The van der Waals surface area contributed by atoms with Crippen LogP contribution in [-0.4, -0.2) is 56.3 Å². The zero-order chi connectivity index (χ0) is 17.1. The fourth-order valence-electron chi connectivity index (χ4n) is 3.59. The van der Waals surface area contributed by atoms with E-state index >= 15 is 0 Å². The zero-order valence-corrected chi connectivity index (χ0v) is 14.3. The molecule has 2 atom stereocenters. The summed E-state index contributed by atoms with van der Waals surface area (Å²) in [6.45, 7) is 4.11. The third-order valence-electron chi connectivity index (χ3n) is 4.96. The Morgan fingerprint density at radius 1 is 1.36 bits per heavy atom. The fourth-order valence-corrected chi connectivity index (χ4v) is 3.59. The Labute approximate surface area is 147 Å². The number of hydrogen-bond donors (Lipinski definition) is 1. The first-order chi connectivity index (χ1) is 12.3. The van der Waals surface area contributed by atoms with Crippen LogP contribution in [0, 0.1) is 5.92 Å². The fraction of sp³-hybridized carbons (Fsp3) is 0.526. The topological polar surface area (TPSA) is 63.9 Å². The molecule has 0 radical (unpaired) electrons. The molecule has 134 valence electrons. The minimum atomic E-state index is -0.197. The normalized spacial score (nSPS) is 24.4. The first-order valence-electron chi connectivity index (χ1n) is 8.99. The molecular formula is C19H24N2O4. The largest absolute Gasteiger partial charge is 0.493 e. The minimum Gasteiger partial charge on any atom is -0.493 e. The highest BCUT2D eigenvalue weighted by molar-refractivity contribution is 5.82. The molecule has 2 unspecified atom stereocenters. The summed E-state index contributed by atoms with van der Waals surface area (Å²) < 4.78 is 16.7. The Bertz CT molecular complexity index is 723. The van der Waals surface area contributed by atoms with Crippen molar-refractivity contribution in [2.75, 3.05) is 39.5 Å². The van der Waals surface area contributed by atoms with Gasteiger partial charge in [0.2, 0.25) is 5.91 Å². The highest BCUT2D eigenvalue weighted by Gasteiger charge is 2.30. The number of furan rings is 1. The molecule has 2 aliphatic rings. The van der Waals surface area contributed by atoms with E-state index < -0.39 is 0 Å². The van der Waals surface area contributed by atoms with E-state index in [-0.39, 0.29) is 11.9 Å². The van der Waals surface area contributed by atoms with Crippen molar-refractivity contribution in [3.63, 3.8) is 0 Å². The molecule has 2 saturated heterocycles. The lowest BCUT2D eigenvalue weighted by atomic mass is 9.98. The number of fused-ring (bicyclic) bond motifs is 1. The number of rotatable bonds is 4. The lowest BCUT2D eigenvalue weighted by Gasteiger charge is -2.36. The van der Waals surface area contributed by atoms with Crippen molar-refractivity contribution < 1.29 is 18.7 Å². The minimum absolute atomic E-state index is 0.157. The standard InChI is InChI=1S/C19H24N2O4/c22-19(17-13-23-9-6-20-17)21-7-1-2-14(11-21)12-25-16-3-4-18-15(10-16)5-8-24-18/h3-5,8,10,14,17,20H,1-2,6-7,9,11-13H2. The molecule has 0 bridgehead atoms. The van der Waals surface area contributed by atoms with Gasteiger partial charge in [0, 0.05) is 30.9 Å². The second kappa shape index (κ2) is 7.45. The molecule has 4 rings (SSSR count). The van der Waals surface area contributed by atoms with E-state index in [4.69, 9.17) is 13.9 Å². The quantitative estimate of drug-likeness (QED) is 0.920. The van der Waals surface area contributed by atoms with Gasteiger partial charge in [-0.2, -0.15) is 0 Å². The lowest BCUT2D eigenvalue weighted by molar-refractivity contribution is -0.138. The third-order valence-corrected chi connectivity index (χ3v) is 4.96. The van der Waals surface area contributed by atoms with E-state index in [1.54, 1.807) is 6.26 Å². The van der Waals surface area contributed by atoms with Gasteiger partial charge in [0.1, 0.15) is 17.4 Å². The van der Waals surface area contributed by atoms with Crippen molar-refractivity contribution in [3.05, 3.63) is 30.5 Å². The van der Waals surface area contributed by atoms with Crippen LogP contribution in [0.25, 0.3) is 11.0 Å². The predicted molar refractivity (Wildman–Crippen MR) is 93.6 cm³/mol. The van der Waals surface area contributed by atoms with Crippen LogP contribution in [0.4, 0.5) is 0 Å². The SMILES string of the molecule is O=C(C1COCCN1)N1CCCC(COc2ccc3occc3c2)C1. The van der Waals surface area contributed by atoms with Gasteiger partial charge in [0.05, 0.1) is 26.1 Å². The zero-order valence-electron chi connectivity index (χ0n) is 14.3. The first kappa shape index (κ1) is 16.4. The van der Waals surface area contributed by atoms with E-state index in [0.29, 0.717) is 25.7 Å². The number of carbonyl (C=O) groups excluding carboxylic acids is 1. The number of amides is 1. The molecule has 1 amide bonds. The summed E-state index contributed by atoms with van der Waals surface area (Å²) in [4.78, 5) is 14.6. The van der Waals surface area contributed by atoms with Gasteiger partial charge in [0.15, 0.2) is 0 Å². The van der Waals surface area contributed by atoms with Crippen LogP contribution < -0.4 is 10.1 Å². The van der Waals surface area contributed by atoms with Crippen LogP contribution in [0.3, 0.4) is 0 Å². The second-order valence-corrected chi connectivity index (χ2v) is 6.81. The summed E-state index contributed by atoms with van der Waals surface area (Å²) in [5, 5.41) is 4.29. The van der Waals surface area contributed by atoms with Gasteiger partial charge in [-0.25, -0.2) is 0 Å². The van der Waals surface area contributed by atoms with Crippen molar-refractivity contribution in [3.8, 4) is 5.75 Å². The summed E-state index contributed by atoms with van der Waals surface area (Å²) in [7, 11) is 0. The molecule has 1 N–H and O–H groups in total. The van der Waals surface area contributed by atoms with Crippen LogP contribution in [0.2, 0.25) is 0 Å². The highest BCUT2D eigenvalue weighted by atomic mass is 16.5. The molecule has 6 heteroatoms. The van der Waals surface area contributed by atoms with E-state index in [0.717, 1.165) is 49.2 Å². The Morgan fingerprint density at radius 2 is 2.32 bits per heavy atom. The van der Waals surface area contributed by atoms with Gasteiger partial charge in [-0.3, -0.25) is 4.79 Å². The second-order valence-electron chi connectivity index (χ2n) is 6.81. The van der Waals surface area contributed by atoms with Crippen molar-refractivity contribution in [2.24, 2.45) is 5.92 Å². The summed E-state index contributed by atoms with van der Waals surface area (Å²) in [6, 6.07) is 7.59. The molecule has 2 aromatic rings. The summed E-state index contributed by atoms with van der Waals surface area (Å²) in [6.07, 6.45) is 3.79. The number of morpholine rings is 1. The maximum absolute atomic E-state index is 12.6. The number of ether oxygens (including phenoxy) is 2. The smallest absolute Gasteiger partial charge is 0.242 e. The molecule has 0 saturated carbocycles. The van der Waals surface area contributed by atoms with Crippen LogP contribution >= 0.6 is 0 Å². The van der Waals surface area contributed by atoms with Gasteiger partial charge in [-0.05, 0) is 37.1 Å². The Kier molecular flexibility index (Phi) is 4.90. The Balaban J connectivity index is 1.32. The highest BCUT2D eigenvalue weighted by Crippen LogP contribution is 2.24. The average Bonchev–Trinajstić information content (AvgIpc) is 3.14. The van der Waals surface area contributed by atoms with Crippen molar-refractivity contribution >= 4 is 16.9 Å². The van der Waals surface area contributed by atoms with Crippen LogP contribution in [0.5, 0.6) is 5.75 Å². The molecular weight excluding hydrogens is 320 g/mol. The molecule has 2 fully saturated rings. The van der Waals surface area contributed by atoms with E-state index in [9.17, 15) is 4.79 Å². The van der Waals surface area contributed by atoms with Gasteiger partial charge in [-0.1, -0.05) is 0 Å². The van der Waals surface area contributed by atoms with Crippen LogP contribution in [0.15, 0.2) is 34.9 Å². The van der Waals surface area contributed by atoms with Gasteiger partial charge in [-0.15, -0.1) is 0 Å². The molecule has 2 aliphatic heterocycles. The van der Waals surface area contributed by atoms with Gasteiger partial charge < -0.3 is 24.1 Å². The Hall–Kier alpha value is -2.05. The van der Waals surface area contributed by atoms with Gasteiger partial charge in [0.25, 0.3) is 0 Å². The predicted octanol–water partition coefficient (Wildman–Crippen LogP) is 2.04. The number of nitrogens with one attached hydrogen (secondary N) is 1. The molecule has 25 heavy (non-hydrogen) atoms. The maximum Gasteiger partial charge on any atom is 0.242 e. The summed E-state index contributed by atoms with van der Waals surface area (Å²) in [5.41, 5.74) is 0.865. The van der Waals surface area contributed by atoms with E-state index in [1.807, 2.05) is 29.2 Å². The molecule has 0 aliphatic carbocycles. The summed E-state index contributed by atoms with van der Waals surface area (Å²) >= 11 is 0. The average molecular weight is 344 g/mol. The molecule has 1 aromatic heterocycles. The van der Waals surface area contributed by atoms with Crippen molar-refractivity contribution in [2.45, 2.75) is 18.9 Å². The maximum atomic E-state index is 12.6. The molecule has 6 nitrogen and oxygen atoms in total. The number of likely N-dealkylation sites (tertiary alicyclic amines) is 1. The third kappa shape index (κ3) is 3.80. The van der Waals surface area contributed by atoms with E-state index in [1.165, 1.54) is 0 Å². The van der Waals surface area contributed by atoms with Crippen molar-refractivity contribution in [1.29, 1.82) is 0 Å². The molecule has 1 aromatic carbocycles. The monoisotopic (exact) mass is 344 g/mol. The lowest BCUT2D eigenvalue weighted by Crippen LogP contribution is -2.54. The number of piperidine rings is 1. The van der Waals surface area contributed by atoms with Crippen LogP contribution in [0.1, 0.15) is 12.8 Å². The molecule has 3 heterocycles.